The van der Waals surface area contributed by atoms with Crippen molar-refractivity contribution < 1.29 is 18.8 Å². The van der Waals surface area contributed by atoms with Gasteiger partial charge < -0.3 is 9.16 Å². The highest BCUT2D eigenvalue weighted by molar-refractivity contribution is 6.74. The number of esters is 1. The standard InChI is InChI=1S/C19H32N2O4Si/c1-16(2,3)26(7,8)25-18-10-12-11-20-21-19(12,15(23)24-6)14(22)9-13(18)17(18,4)5/h12-13H,9-11H2,1-8H3/t12-,13-,18+,19+/m1/s1. The van der Waals surface area contributed by atoms with Gasteiger partial charge in [0.15, 0.2) is 14.1 Å². The number of hydrogen-bond acceptors (Lipinski definition) is 6. The highest BCUT2D eigenvalue weighted by atomic mass is 28.4. The number of ketones is 1. The van der Waals surface area contributed by atoms with E-state index in [2.05, 4.69) is 57.9 Å². The van der Waals surface area contributed by atoms with Gasteiger partial charge in [-0.1, -0.05) is 34.6 Å². The molecule has 4 atom stereocenters. The minimum Gasteiger partial charge on any atom is -0.467 e. The maximum absolute atomic E-state index is 13.1. The third-order valence-corrected chi connectivity index (χ3v) is 12.2. The Bertz CT molecular complexity index is 682. The average Bonchev–Trinajstić information content (AvgIpc) is 2.83. The normalized spacial score (nSPS) is 38.4. The highest BCUT2D eigenvalue weighted by Gasteiger charge is 2.78. The molecule has 0 aromatic heterocycles. The van der Waals surface area contributed by atoms with Crippen molar-refractivity contribution in [1.29, 1.82) is 0 Å². The van der Waals surface area contributed by atoms with Gasteiger partial charge in [0.2, 0.25) is 5.54 Å². The van der Waals surface area contributed by atoms with Gasteiger partial charge in [0.05, 0.1) is 19.3 Å². The van der Waals surface area contributed by atoms with Crippen LogP contribution in [-0.2, 0) is 18.8 Å². The highest BCUT2D eigenvalue weighted by Crippen LogP contribution is 2.72. The summed E-state index contributed by atoms with van der Waals surface area (Å²) in [6, 6.07) is 0. The van der Waals surface area contributed by atoms with Crippen LogP contribution in [0.15, 0.2) is 10.2 Å². The van der Waals surface area contributed by atoms with Crippen molar-refractivity contribution in [2.24, 2.45) is 27.5 Å². The van der Waals surface area contributed by atoms with Crippen molar-refractivity contribution in [3.63, 3.8) is 0 Å². The van der Waals surface area contributed by atoms with Crippen molar-refractivity contribution in [2.75, 3.05) is 13.7 Å². The second-order valence-corrected chi connectivity index (χ2v) is 15.0. The summed E-state index contributed by atoms with van der Waals surface area (Å²) in [5.74, 6) is -0.903. The lowest BCUT2D eigenvalue weighted by Crippen LogP contribution is -2.52. The van der Waals surface area contributed by atoms with Crippen molar-refractivity contribution in [3.05, 3.63) is 0 Å². The summed E-state index contributed by atoms with van der Waals surface area (Å²) in [6.45, 7) is 15.9. The van der Waals surface area contributed by atoms with Crippen LogP contribution in [0, 0.1) is 17.3 Å². The van der Waals surface area contributed by atoms with E-state index in [1.54, 1.807) is 0 Å². The second-order valence-electron chi connectivity index (χ2n) is 10.2. The molecule has 0 radical (unpaired) electrons. The summed E-state index contributed by atoms with van der Waals surface area (Å²) in [7, 11) is -0.736. The Morgan fingerprint density at radius 3 is 2.42 bits per heavy atom. The van der Waals surface area contributed by atoms with Gasteiger partial charge in [-0.2, -0.15) is 10.2 Å². The van der Waals surface area contributed by atoms with E-state index < -0.39 is 19.8 Å². The van der Waals surface area contributed by atoms with E-state index in [9.17, 15) is 9.59 Å². The summed E-state index contributed by atoms with van der Waals surface area (Å²) < 4.78 is 11.9. The quantitative estimate of drug-likeness (QED) is 0.424. The van der Waals surface area contributed by atoms with Crippen LogP contribution in [0.25, 0.3) is 0 Å². The molecule has 7 heteroatoms. The Morgan fingerprint density at radius 1 is 1.27 bits per heavy atom. The van der Waals surface area contributed by atoms with E-state index >= 15 is 0 Å². The summed E-state index contributed by atoms with van der Waals surface area (Å²) in [5, 5.41) is 8.31. The molecule has 3 rings (SSSR count). The van der Waals surface area contributed by atoms with Gasteiger partial charge in [-0.15, -0.1) is 0 Å². The number of fused-ring (bicyclic) bond motifs is 2. The summed E-state index contributed by atoms with van der Waals surface area (Å²) >= 11 is 0. The zero-order valence-electron chi connectivity index (χ0n) is 17.3. The number of carbonyl (C=O) groups excluding carboxylic acids is 2. The molecule has 0 N–H and O–H groups in total. The SMILES string of the molecule is COC(=O)[C@]12N=NC[C@H]1C[C@]1(O[Si](C)(C)C(C)(C)C)[C@H](CC2=O)C1(C)C. The largest absolute Gasteiger partial charge is 0.467 e. The molecule has 146 valence electrons. The Balaban J connectivity index is 2.01. The van der Waals surface area contributed by atoms with Crippen LogP contribution in [0.4, 0.5) is 0 Å². The minimum atomic E-state index is -2.05. The van der Waals surface area contributed by atoms with Gasteiger partial charge in [-0.3, -0.25) is 4.79 Å². The first-order valence-electron chi connectivity index (χ1n) is 9.47. The van der Waals surface area contributed by atoms with E-state index in [0.29, 0.717) is 19.4 Å². The molecule has 1 aliphatic heterocycles. The van der Waals surface area contributed by atoms with Crippen molar-refractivity contribution in [1.82, 2.24) is 0 Å². The number of rotatable bonds is 3. The van der Waals surface area contributed by atoms with Gasteiger partial charge in [-0.05, 0) is 30.0 Å². The molecule has 26 heavy (non-hydrogen) atoms. The number of methoxy groups -OCH3 is 1. The molecular weight excluding hydrogens is 348 g/mol. The van der Waals surface area contributed by atoms with Crippen LogP contribution in [0.2, 0.25) is 18.1 Å². The molecule has 0 spiro atoms. The maximum atomic E-state index is 13.1. The van der Waals surface area contributed by atoms with Gasteiger partial charge in [0.25, 0.3) is 0 Å². The lowest BCUT2D eigenvalue weighted by Gasteiger charge is -2.42. The average molecular weight is 381 g/mol. The maximum Gasteiger partial charge on any atom is 0.343 e. The van der Waals surface area contributed by atoms with Gasteiger partial charge in [-0.25, -0.2) is 4.79 Å². The van der Waals surface area contributed by atoms with Crippen LogP contribution in [-0.4, -0.2) is 44.9 Å². The van der Waals surface area contributed by atoms with Gasteiger partial charge in [0, 0.05) is 18.3 Å². The van der Waals surface area contributed by atoms with Crippen LogP contribution in [0.5, 0.6) is 0 Å². The molecule has 1 heterocycles. The smallest absolute Gasteiger partial charge is 0.343 e. The third-order valence-electron chi connectivity index (χ3n) is 7.67. The van der Waals surface area contributed by atoms with Crippen molar-refractivity contribution in [2.45, 2.75) is 76.7 Å². The molecule has 0 bridgehead atoms. The molecule has 0 aromatic rings. The first kappa shape index (κ1) is 19.7. The molecule has 2 fully saturated rings. The zero-order chi connectivity index (χ0) is 19.8. The lowest BCUT2D eigenvalue weighted by molar-refractivity contribution is -0.153. The number of ether oxygens (including phenoxy) is 1. The van der Waals surface area contributed by atoms with Crippen LogP contribution in [0.1, 0.15) is 47.5 Å². The number of nitrogens with zero attached hydrogens (tertiary/aromatic N) is 2. The Kier molecular flexibility index (Phi) is 4.14. The Morgan fingerprint density at radius 2 is 1.88 bits per heavy atom. The van der Waals surface area contributed by atoms with E-state index in [-0.39, 0.29) is 33.7 Å². The van der Waals surface area contributed by atoms with Crippen LogP contribution < -0.4 is 0 Å². The van der Waals surface area contributed by atoms with E-state index in [0.717, 1.165) is 0 Å². The number of Topliss-reactive ketones (excluding diaryl/α,β-unsaturated/α-hetero) is 1. The molecule has 0 saturated heterocycles. The lowest BCUT2D eigenvalue weighted by atomic mass is 9.77. The Hall–Kier alpha value is -1.08. The van der Waals surface area contributed by atoms with Gasteiger partial charge >= 0.3 is 5.97 Å². The molecular formula is C19H32N2O4Si. The molecule has 0 amide bonds. The van der Waals surface area contributed by atoms with E-state index in [4.69, 9.17) is 9.16 Å². The second kappa shape index (κ2) is 5.47. The molecule has 2 saturated carbocycles. The minimum absolute atomic E-state index is 0.0746. The predicted molar refractivity (Wildman–Crippen MR) is 100 cm³/mol. The van der Waals surface area contributed by atoms with Crippen molar-refractivity contribution >= 4 is 20.1 Å². The molecule has 0 unspecified atom stereocenters. The Labute approximate surface area is 157 Å². The number of azo groups is 1. The number of hydrogen-bond donors (Lipinski definition) is 0. The molecule has 2 aliphatic carbocycles. The summed E-state index contributed by atoms with van der Waals surface area (Å²) in [6.07, 6.45) is 0.928. The van der Waals surface area contributed by atoms with Crippen LogP contribution >= 0.6 is 0 Å². The molecule has 0 aromatic carbocycles. The fourth-order valence-corrected chi connectivity index (χ4v) is 6.45. The van der Waals surface area contributed by atoms with E-state index in [1.807, 2.05) is 0 Å². The third kappa shape index (κ3) is 2.32. The summed E-state index contributed by atoms with van der Waals surface area (Å²) in [5.41, 5.74) is -1.94. The van der Waals surface area contributed by atoms with Gasteiger partial charge in [0.1, 0.15) is 0 Å². The fourth-order valence-electron chi connectivity index (χ4n) is 4.75. The van der Waals surface area contributed by atoms with Crippen molar-refractivity contribution in [3.8, 4) is 0 Å². The zero-order valence-corrected chi connectivity index (χ0v) is 18.3. The first-order chi connectivity index (χ1) is 11.8. The number of carbonyl (C=O) groups is 2. The molecule has 6 nitrogen and oxygen atoms in total. The molecule has 3 aliphatic rings. The topological polar surface area (TPSA) is 77.3 Å². The first-order valence-corrected chi connectivity index (χ1v) is 12.4. The fraction of sp³-hybridized carbons (Fsp3) is 0.895. The monoisotopic (exact) mass is 380 g/mol. The predicted octanol–water partition coefficient (Wildman–Crippen LogP) is 3.76. The summed E-state index contributed by atoms with van der Waals surface area (Å²) in [4.78, 5) is 25.7. The van der Waals surface area contributed by atoms with E-state index in [1.165, 1.54) is 7.11 Å². The van der Waals surface area contributed by atoms with Crippen LogP contribution in [0.3, 0.4) is 0 Å².